The van der Waals surface area contributed by atoms with Crippen LogP contribution < -0.4 is 15.5 Å². The lowest BCUT2D eigenvalue weighted by Gasteiger charge is -2.35. The van der Waals surface area contributed by atoms with Crippen LogP contribution >= 0.6 is 12.2 Å². The Morgan fingerprint density at radius 1 is 1.13 bits per heavy atom. The second kappa shape index (κ2) is 9.70. The van der Waals surface area contributed by atoms with Crippen molar-refractivity contribution in [2.24, 2.45) is 11.8 Å². The van der Waals surface area contributed by atoms with Gasteiger partial charge in [-0.15, -0.1) is 0 Å². The van der Waals surface area contributed by atoms with Crippen molar-refractivity contribution in [3.63, 3.8) is 0 Å². The lowest BCUT2D eigenvalue weighted by Crippen LogP contribution is -2.46. The third-order valence-electron chi connectivity index (χ3n) is 7.43. The SMILES string of the molecule is CCN1CCN(c2cc(C)c3cc(NC(=S)N[C@@H]4CCC[C@H](C)[C@H]4C)ccc3n2)CC1. The molecule has 5 nitrogen and oxygen atoms in total. The molecule has 3 atom stereocenters. The molecule has 1 aromatic carbocycles. The van der Waals surface area contributed by atoms with Crippen LogP contribution in [0.1, 0.15) is 45.6 Å². The zero-order valence-electron chi connectivity index (χ0n) is 19.4. The Morgan fingerprint density at radius 3 is 2.65 bits per heavy atom. The van der Waals surface area contributed by atoms with Crippen molar-refractivity contribution in [1.29, 1.82) is 0 Å². The lowest BCUT2D eigenvalue weighted by atomic mass is 9.78. The van der Waals surface area contributed by atoms with Gasteiger partial charge in [-0.2, -0.15) is 0 Å². The molecule has 31 heavy (non-hydrogen) atoms. The van der Waals surface area contributed by atoms with Gasteiger partial charge < -0.3 is 20.4 Å². The molecule has 2 N–H and O–H groups in total. The number of rotatable bonds is 4. The van der Waals surface area contributed by atoms with Crippen LogP contribution in [0.3, 0.4) is 0 Å². The molecule has 0 unspecified atom stereocenters. The first-order valence-corrected chi connectivity index (χ1v) is 12.3. The minimum atomic E-state index is 0.461. The van der Waals surface area contributed by atoms with E-state index in [2.05, 4.69) is 72.4 Å². The predicted octanol–water partition coefficient (Wildman–Crippen LogP) is 4.80. The van der Waals surface area contributed by atoms with Crippen LogP contribution in [-0.4, -0.2) is 53.8 Å². The number of likely N-dealkylation sites (N-methyl/N-ethyl adjacent to an activating group) is 1. The van der Waals surface area contributed by atoms with Gasteiger partial charge in [-0.1, -0.05) is 33.6 Å². The number of hydrogen-bond acceptors (Lipinski definition) is 4. The summed E-state index contributed by atoms with van der Waals surface area (Å²) < 4.78 is 0. The third-order valence-corrected chi connectivity index (χ3v) is 7.65. The van der Waals surface area contributed by atoms with Crippen molar-refractivity contribution in [2.75, 3.05) is 42.9 Å². The van der Waals surface area contributed by atoms with Gasteiger partial charge in [0, 0.05) is 43.3 Å². The summed E-state index contributed by atoms with van der Waals surface area (Å²) >= 11 is 5.64. The molecule has 0 amide bonds. The summed E-state index contributed by atoms with van der Waals surface area (Å²) in [4.78, 5) is 9.88. The van der Waals surface area contributed by atoms with Crippen LogP contribution in [-0.2, 0) is 0 Å². The first kappa shape index (κ1) is 22.3. The van der Waals surface area contributed by atoms with Gasteiger partial charge in [-0.3, -0.25) is 0 Å². The van der Waals surface area contributed by atoms with E-state index in [4.69, 9.17) is 17.2 Å². The number of thiocarbonyl (C=S) groups is 1. The van der Waals surface area contributed by atoms with Crippen LogP contribution in [0.15, 0.2) is 24.3 Å². The number of pyridine rings is 1. The smallest absolute Gasteiger partial charge is 0.171 e. The maximum absolute atomic E-state index is 5.64. The highest BCUT2D eigenvalue weighted by atomic mass is 32.1. The summed E-state index contributed by atoms with van der Waals surface area (Å²) in [6, 6.07) is 9.08. The minimum absolute atomic E-state index is 0.461. The second-order valence-corrected chi connectivity index (χ2v) is 9.83. The number of hydrogen-bond donors (Lipinski definition) is 2. The van der Waals surface area contributed by atoms with Gasteiger partial charge in [-0.25, -0.2) is 4.98 Å². The van der Waals surface area contributed by atoms with Crippen molar-refractivity contribution in [1.82, 2.24) is 15.2 Å². The average molecular weight is 440 g/mol. The number of piperazine rings is 1. The second-order valence-electron chi connectivity index (χ2n) is 9.42. The lowest BCUT2D eigenvalue weighted by molar-refractivity contribution is 0.225. The molecule has 1 aromatic heterocycles. The molecule has 0 bridgehead atoms. The van der Waals surface area contributed by atoms with E-state index in [1.54, 1.807) is 0 Å². The maximum atomic E-state index is 5.64. The van der Waals surface area contributed by atoms with Gasteiger partial charge in [-0.05, 0) is 73.8 Å². The normalized spacial score (nSPS) is 24.9. The molecule has 6 heteroatoms. The van der Waals surface area contributed by atoms with E-state index >= 15 is 0 Å². The van der Waals surface area contributed by atoms with Crippen molar-refractivity contribution >= 4 is 39.7 Å². The Balaban J connectivity index is 1.44. The van der Waals surface area contributed by atoms with E-state index in [0.717, 1.165) is 60.8 Å². The summed E-state index contributed by atoms with van der Waals surface area (Å²) in [5.41, 5.74) is 3.33. The predicted molar refractivity (Wildman–Crippen MR) is 136 cm³/mol. The highest BCUT2D eigenvalue weighted by molar-refractivity contribution is 7.80. The van der Waals surface area contributed by atoms with Gasteiger partial charge >= 0.3 is 0 Å². The molecule has 1 saturated heterocycles. The molecular formula is C25H37N5S. The minimum Gasteiger partial charge on any atom is -0.359 e. The molecule has 2 aliphatic rings. The number of anilines is 2. The number of benzene rings is 1. The summed E-state index contributed by atoms with van der Waals surface area (Å²) in [5, 5.41) is 8.88. The van der Waals surface area contributed by atoms with Gasteiger partial charge in [0.2, 0.25) is 0 Å². The Morgan fingerprint density at radius 2 is 1.90 bits per heavy atom. The fourth-order valence-corrected chi connectivity index (χ4v) is 5.30. The number of fused-ring (bicyclic) bond motifs is 1. The van der Waals surface area contributed by atoms with E-state index in [1.807, 2.05) is 0 Å². The Labute approximate surface area is 192 Å². The summed E-state index contributed by atoms with van der Waals surface area (Å²) in [6.07, 6.45) is 3.80. The summed E-state index contributed by atoms with van der Waals surface area (Å²) in [6.45, 7) is 14.6. The van der Waals surface area contributed by atoms with Crippen LogP contribution in [0.25, 0.3) is 10.9 Å². The quantitative estimate of drug-likeness (QED) is 0.668. The van der Waals surface area contributed by atoms with Crippen molar-refractivity contribution in [3.05, 3.63) is 29.8 Å². The van der Waals surface area contributed by atoms with Crippen molar-refractivity contribution < 1.29 is 0 Å². The monoisotopic (exact) mass is 439 g/mol. The fourth-order valence-electron chi connectivity index (χ4n) is 5.03. The molecule has 2 heterocycles. The fraction of sp³-hybridized carbons (Fsp3) is 0.600. The van der Waals surface area contributed by atoms with Crippen LogP contribution in [0.5, 0.6) is 0 Å². The zero-order valence-corrected chi connectivity index (χ0v) is 20.3. The highest BCUT2D eigenvalue weighted by Gasteiger charge is 2.27. The number of aromatic nitrogens is 1. The highest BCUT2D eigenvalue weighted by Crippen LogP contribution is 2.30. The first-order chi connectivity index (χ1) is 14.9. The van der Waals surface area contributed by atoms with Crippen LogP contribution in [0.2, 0.25) is 0 Å². The van der Waals surface area contributed by atoms with Gasteiger partial charge in [0.15, 0.2) is 5.11 Å². The largest absolute Gasteiger partial charge is 0.359 e. The molecular weight excluding hydrogens is 402 g/mol. The number of aryl methyl sites for hydroxylation is 1. The molecule has 2 aromatic rings. The van der Waals surface area contributed by atoms with Gasteiger partial charge in [0.1, 0.15) is 5.82 Å². The topological polar surface area (TPSA) is 43.4 Å². The first-order valence-electron chi connectivity index (χ1n) is 11.9. The van der Waals surface area contributed by atoms with E-state index < -0.39 is 0 Å². The van der Waals surface area contributed by atoms with Crippen LogP contribution in [0, 0.1) is 18.8 Å². The van der Waals surface area contributed by atoms with E-state index in [9.17, 15) is 0 Å². The Kier molecular flexibility index (Phi) is 6.97. The van der Waals surface area contributed by atoms with Crippen LogP contribution in [0.4, 0.5) is 11.5 Å². The average Bonchev–Trinajstić information content (AvgIpc) is 2.77. The molecule has 168 valence electrons. The van der Waals surface area contributed by atoms with Gasteiger partial charge in [0.25, 0.3) is 0 Å². The third kappa shape index (κ3) is 5.12. The molecule has 4 rings (SSSR count). The molecule has 0 radical (unpaired) electrons. The van der Waals surface area contributed by atoms with E-state index in [1.165, 1.54) is 30.2 Å². The molecule has 1 aliphatic heterocycles. The molecule has 1 aliphatic carbocycles. The number of nitrogens with one attached hydrogen (secondary N) is 2. The van der Waals surface area contributed by atoms with Gasteiger partial charge in [0.05, 0.1) is 5.52 Å². The van der Waals surface area contributed by atoms with Crippen molar-refractivity contribution in [2.45, 2.75) is 53.0 Å². The Hall–Kier alpha value is -1.92. The Bertz CT molecular complexity index is 922. The maximum Gasteiger partial charge on any atom is 0.171 e. The molecule has 2 fully saturated rings. The number of nitrogens with zero attached hydrogens (tertiary/aromatic N) is 3. The molecule has 0 spiro atoms. The standard InChI is InChI=1S/C25H37N5S/c1-5-29-11-13-30(14-12-29)24-15-18(3)21-16-20(9-10-23(21)27-24)26-25(31)28-22-8-6-7-17(2)19(22)4/h9-10,15-17,19,22H,5-8,11-14H2,1-4H3,(H2,26,28,31)/t17-,19+,22+/m0/s1. The molecule has 1 saturated carbocycles. The summed E-state index contributed by atoms with van der Waals surface area (Å²) in [7, 11) is 0. The van der Waals surface area contributed by atoms with Crippen molar-refractivity contribution in [3.8, 4) is 0 Å². The van der Waals surface area contributed by atoms with E-state index in [-0.39, 0.29) is 0 Å². The van der Waals surface area contributed by atoms with E-state index in [0.29, 0.717) is 12.0 Å². The zero-order chi connectivity index (χ0) is 22.0. The summed E-state index contributed by atoms with van der Waals surface area (Å²) in [5.74, 6) is 2.50.